The topological polar surface area (TPSA) is 92.1 Å². The summed E-state index contributed by atoms with van der Waals surface area (Å²) in [6.07, 6.45) is 6.39. The molecule has 0 aliphatic heterocycles. The van der Waals surface area contributed by atoms with Crippen LogP contribution in [0.1, 0.15) is 34.8 Å². The van der Waals surface area contributed by atoms with Gasteiger partial charge in [-0.2, -0.15) is 5.10 Å². The normalized spacial score (nSPS) is 21.3. The molecule has 0 radical (unpaired) electrons. The summed E-state index contributed by atoms with van der Waals surface area (Å²) in [5.74, 6) is 0.720. The minimum Gasteiger partial charge on any atom is -0.393 e. The smallest absolute Gasteiger partial charge is 0.251 e. The summed E-state index contributed by atoms with van der Waals surface area (Å²) < 4.78 is 1.72. The highest BCUT2D eigenvalue weighted by Crippen LogP contribution is 2.38. The first kappa shape index (κ1) is 15.5. The van der Waals surface area contributed by atoms with Crippen LogP contribution in [0.4, 0.5) is 5.82 Å². The minimum atomic E-state index is -0.270. The number of carbonyl (C=O) groups excluding carboxylic acids is 1. The van der Waals surface area contributed by atoms with E-state index in [-0.39, 0.29) is 24.0 Å². The number of anilines is 1. The van der Waals surface area contributed by atoms with E-state index in [0.717, 1.165) is 5.56 Å². The molecular formula is C16H21N5O2. The lowest BCUT2D eigenvalue weighted by Gasteiger charge is -2.37. The first-order valence-electron chi connectivity index (χ1n) is 7.68. The number of rotatable bonds is 5. The van der Waals surface area contributed by atoms with E-state index in [2.05, 4.69) is 20.7 Å². The van der Waals surface area contributed by atoms with Gasteiger partial charge in [0, 0.05) is 37.6 Å². The highest BCUT2D eigenvalue weighted by Gasteiger charge is 2.36. The molecule has 1 fully saturated rings. The molecule has 3 N–H and O–H groups in total. The SMILES string of the molecule is CNc1cc(C(=O)N[C@H](c2cnn(C)c2)C2CC(O)C2)ccn1. The second-order valence-electron chi connectivity index (χ2n) is 5.96. The summed E-state index contributed by atoms with van der Waals surface area (Å²) >= 11 is 0. The van der Waals surface area contributed by atoms with Gasteiger partial charge in [-0.25, -0.2) is 4.98 Å². The second kappa shape index (κ2) is 6.37. The Bertz CT molecular complexity index is 693. The zero-order chi connectivity index (χ0) is 16.4. The van der Waals surface area contributed by atoms with E-state index in [1.165, 1.54) is 0 Å². The van der Waals surface area contributed by atoms with E-state index in [1.807, 2.05) is 13.2 Å². The Kier molecular flexibility index (Phi) is 4.29. The average Bonchev–Trinajstić information content (AvgIpc) is 2.96. The van der Waals surface area contributed by atoms with Crippen LogP contribution in [-0.4, -0.2) is 38.9 Å². The molecule has 1 aliphatic carbocycles. The van der Waals surface area contributed by atoms with Crippen LogP contribution in [0.5, 0.6) is 0 Å². The lowest BCUT2D eigenvalue weighted by atomic mass is 9.75. The maximum Gasteiger partial charge on any atom is 0.251 e. The third-order valence-corrected chi connectivity index (χ3v) is 4.27. The van der Waals surface area contributed by atoms with Gasteiger partial charge in [-0.05, 0) is 30.9 Å². The van der Waals surface area contributed by atoms with E-state index in [4.69, 9.17) is 0 Å². The molecule has 0 spiro atoms. The summed E-state index contributed by atoms with van der Waals surface area (Å²) in [6.45, 7) is 0. The Hall–Kier alpha value is -2.41. The van der Waals surface area contributed by atoms with E-state index in [9.17, 15) is 9.90 Å². The quantitative estimate of drug-likeness (QED) is 0.768. The van der Waals surface area contributed by atoms with Crippen molar-refractivity contribution in [3.8, 4) is 0 Å². The molecule has 0 saturated heterocycles. The van der Waals surface area contributed by atoms with Crippen molar-refractivity contribution < 1.29 is 9.90 Å². The number of nitrogens with zero attached hydrogens (tertiary/aromatic N) is 3. The average molecular weight is 315 g/mol. The Labute approximate surface area is 134 Å². The maximum absolute atomic E-state index is 12.6. The van der Waals surface area contributed by atoms with Gasteiger partial charge in [0.2, 0.25) is 0 Å². The summed E-state index contributed by atoms with van der Waals surface area (Å²) in [7, 11) is 3.61. The predicted molar refractivity (Wildman–Crippen MR) is 85.9 cm³/mol. The second-order valence-corrected chi connectivity index (χ2v) is 5.96. The third-order valence-electron chi connectivity index (χ3n) is 4.27. The monoisotopic (exact) mass is 315 g/mol. The summed E-state index contributed by atoms with van der Waals surface area (Å²) in [5.41, 5.74) is 1.51. The van der Waals surface area contributed by atoms with Crippen molar-refractivity contribution in [2.45, 2.75) is 25.0 Å². The van der Waals surface area contributed by atoms with E-state index < -0.39 is 0 Å². The number of aromatic nitrogens is 3. The lowest BCUT2D eigenvalue weighted by molar-refractivity contribution is 0.0235. The number of aryl methyl sites for hydroxylation is 1. The number of carbonyl (C=O) groups is 1. The Morgan fingerprint density at radius 2 is 2.26 bits per heavy atom. The molecule has 0 aromatic carbocycles. The fraction of sp³-hybridized carbons (Fsp3) is 0.438. The Balaban J connectivity index is 1.78. The molecule has 122 valence electrons. The molecule has 2 aromatic heterocycles. The molecule has 2 aromatic rings. The number of aliphatic hydroxyl groups is 1. The Morgan fingerprint density at radius 1 is 1.48 bits per heavy atom. The summed E-state index contributed by atoms with van der Waals surface area (Å²) in [4.78, 5) is 16.7. The van der Waals surface area contributed by atoms with Gasteiger partial charge in [0.25, 0.3) is 5.91 Å². The molecule has 1 amide bonds. The van der Waals surface area contributed by atoms with Crippen LogP contribution in [0.25, 0.3) is 0 Å². The van der Waals surface area contributed by atoms with Crippen molar-refractivity contribution in [1.82, 2.24) is 20.1 Å². The molecule has 0 unspecified atom stereocenters. The highest BCUT2D eigenvalue weighted by atomic mass is 16.3. The number of amides is 1. The van der Waals surface area contributed by atoms with Crippen LogP contribution in [0.3, 0.4) is 0 Å². The first-order valence-corrected chi connectivity index (χ1v) is 7.68. The molecule has 23 heavy (non-hydrogen) atoms. The fourth-order valence-electron chi connectivity index (χ4n) is 2.91. The van der Waals surface area contributed by atoms with Crippen LogP contribution >= 0.6 is 0 Å². The third kappa shape index (κ3) is 3.34. The number of hydrogen-bond donors (Lipinski definition) is 3. The molecule has 1 saturated carbocycles. The Morgan fingerprint density at radius 3 is 2.87 bits per heavy atom. The van der Waals surface area contributed by atoms with Gasteiger partial charge in [0.05, 0.1) is 18.3 Å². The van der Waals surface area contributed by atoms with Gasteiger partial charge in [-0.3, -0.25) is 9.48 Å². The standard InChI is InChI=1S/C16H21N5O2/c1-17-14-7-10(3-4-18-14)16(23)20-15(11-5-13(22)6-11)12-8-19-21(2)9-12/h3-4,7-9,11,13,15,22H,5-6H2,1-2H3,(H,17,18)(H,20,23)/t11?,13?,15-/m0/s1. The molecule has 7 heteroatoms. The molecule has 3 rings (SSSR count). The van der Waals surface area contributed by atoms with Gasteiger partial charge >= 0.3 is 0 Å². The number of hydrogen-bond acceptors (Lipinski definition) is 5. The van der Waals surface area contributed by atoms with Crippen molar-refractivity contribution in [3.63, 3.8) is 0 Å². The fourth-order valence-corrected chi connectivity index (χ4v) is 2.91. The van der Waals surface area contributed by atoms with Crippen molar-refractivity contribution >= 4 is 11.7 Å². The van der Waals surface area contributed by atoms with Gasteiger partial charge in [0.15, 0.2) is 0 Å². The van der Waals surface area contributed by atoms with Gasteiger partial charge in [-0.15, -0.1) is 0 Å². The lowest BCUT2D eigenvalue weighted by Crippen LogP contribution is -2.41. The minimum absolute atomic E-state index is 0.147. The zero-order valence-corrected chi connectivity index (χ0v) is 13.2. The maximum atomic E-state index is 12.6. The van der Waals surface area contributed by atoms with Crippen LogP contribution in [0.2, 0.25) is 0 Å². The van der Waals surface area contributed by atoms with Crippen LogP contribution < -0.4 is 10.6 Å². The summed E-state index contributed by atoms with van der Waals surface area (Å²) in [5, 5.41) is 19.8. The number of nitrogens with one attached hydrogen (secondary N) is 2. The van der Waals surface area contributed by atoms with E-state index >= 15 is 0 Å². The molecule has 1 aliphatic rings. The summed E-state index contributed by atoms with van der Waals surface area (Å²) in [6, 6.07) is 3.25. The van der Waals surface area contributed by atoms with Crippen molar-refractivity contribution in [1.29, 1.82) is 0 Å². The van der Waals surface area contributed by atoms with Crippen molar-refractivity contribution in [2.75, 3.05) is 12.4 Å². The molecule has 7 nitrogen and oxygen atoms in total. The predicted octanol–water partition coefficient (Wildman–Crippen LogP) is 1.10. The highest BCUT2D eigenvalue weighted by molar-refractivity contribution is 5.95. The largest absolute Gasteiger partial charge is 0.393 e. The van der Waals surface area contributed by atoms with Crippen molar-refractivity contribution in [3.05, 3.63) is 41.9 Å². The van der Waals surface area contributed by atoms with E-state index in [1.54, 1.807) is 36.3 Å². The molecule has 2 heterocycles. The van der Waals surface area contributed by atoms with E-state index in [0.29, 0.717) is 24.2 Å². The van der Waals surface area contributed by atoms with Gasteiger partial charge in [0.1, 0.15) is 5.82 Å². The van der Waals surface area contributed by atoms with Gasteiger partial charge < -0.3 is 15.7 Å². The molecule has 0 bridgehead atoms. The zero-order valence-electron chi connectivity index (χ0n) is 13.2. The van der Waals surface area contributed by atoms with Crippen LogP contribution in [0, 0.1) is 5.92 Å². The molecular weight excluding hydrogens is 294 g/mol. The van der Waals surface area contributed by atoms with Crippen LogP contribution in [0.15, 0.2) is 30.7 Å². The van der Waals surface area contributed by atoms with Crippen LogP contribution in [-0.2, 0) is 7.05 Å². The van der Waals surface area contributed by atoms with Crippen molar-refractivity contribution in [2.24, 2.45) is 13.0 Å². The number of pyridine rings is 1. The first-order chi connectivity index (χ1) is 11.1. The van der Waals surface area contributed by atoms with Gasteiger partial charge in [-0.1, -0.05) is 0 Å². The molecule has 1 atom stereocenters. The number of aliphatic hydroxyl groups excluding tert-OH is 1.